The number of pyridine rings is 1. The van der Waals surface area contributed by atoms with Gasteiger partial charge in [0.25, 0.3) is 5.91 Å². The number of carbonyl (C=O) groups excluding carboxylic acids is 1. The molecule has 1 amide bonds. The Hall–Kier alpha value is -3.50. The number of carbonyl (C=O) groups is 1. The summed E-state index contributed by atoms with van der Waals surface area (Å²) in [5.41, 5.74) is 1.98. The third-order valence-corrected chi connectivity index (χ3v) is 6.35. The molecule has 0 unspecified atom stereocenters. The van der Waals surface area contributed by atoms with Gasteiger partial charge in [0.2, 0.25) is 5.89 Å². The molecule has 3 heterocycles. The molecule has 3 aromatic heterocycles. The molecule has 4 aromatic rings. The normalized spacial score (nSPS) is 11.7. The molecule has 4 rings (SSSR count). The van der Waals surface area contributed by atoms with Gasteiger partial charge in [-0.2, -0.15) is 13.2 Å². The van der Waals surface area contributed by atoms with Gasteiger partial charge in [-0.15, -0.1) is 11.3 Å². The minimum Gasteiger partial charge on any atom is -0.447 e. The molecule has 0 saturated heterocycles. The van der Waals surface area contributed by atoms with E-state index < -0.39 is 11.7 Å². The summed E-state index contributed by atoms with van der Waals surface area (Å²) < 4.78 is 45.1. The molecule has 0 spiro atoms. The van der Waals surface area contributed by atoms with Crippen LogP contribution in [0.3, 0.4) is 0 Å². The van der Waals surface area contributed by atoms with E-state index in [2.05, 4.69) is 15.3 Å². The Bertz CT molecular complexity index is 1270. The molecular formula is C25H23F3N4O2S. The van der Waals surface area contributed by atoms with Crippen molar-refractivity contribution in [2.45, 2.75) is 39.3 Å². The van der Waals surface area contributed by atoms with Crippen molar-refractivity contribution in [3.63, 3.8) is 0 Å². The van der Waals surface area contributed by atoms with Gasteiger partial charge in [0.05, 0.1) is 12.1 Å². The number of benzene rings is 1. The van der Waals surface area contributed by atoms with Gasteiger partial charge in [-0.25, -0.2) is 4.98 Å². The van der Waals surface area contributed by atoms with E-state index in [-0.39, 0.29) is 24.7 Å². The molecule has 35 heavy (non-hydrogen) atoms. The lowest BCUT2D eigenvalue weighted by atomic mass is 10.1. The molecule has 0 fully saturated rings. The molecule has 10 heteroatoms. The van der Waals surface area contributed by atoms with Crippen LogP contribution in [-0.2, 0) is 32.4 Å². The standard InChI is InChI=1S/C25H23F3N4O2S/c1-17-7-10-35-22(17)14-32(13-19-3-2-4-20(11-19)25(26,27)28)15-23-31-21(16-34-23)24(33)30-12-18-5-8-29-9-6-18/h2-11,16H,12-15H2,1H3,(H,30,33). The number of hydrogen-bond acceptors (Lipinski definition) is 6. The molecule has 1 aromatic carbocycles. The number of alkyl halides is 3. The third kappa shape index (κ3) is 6.77. The van der Waals surface area contributed by atoms with E-state index in [0.29, 0.717) is 24.5 Å². The Balaban J connectivity index is 1.47. The number of aromatic nitrogens is 2. The highest BCUT2D eigenvalue weighted by Crippen LogP contribution is 2.30. The molecule has 0 atom stereocenters. The topological polar surface area (TPSA) is 71.3 Å². The summed E-state index contributed by atoms with van der Waals surface area (Å²) in [4.78, 5) is 23.8. The lowest BCUT2D eigenvalue weighted by Gasteiger charge is -2.21. The van der Waals surface area contributed by atoms with Gasteiger partial charge in [-0.1, -0.05) is 18.2 Å². The van der Waals surface area contributed by atoms with Gasteiger partial charge in [0.1, 0.15) is 6.26 Å². The summed E-state index contributed by atoms with van der Waals surface area (Å²) in [7, 11) is 0. The average Bonchev–Trinajstić information content (AvgIpc) is 3.47. The first kappa shape index (κ1) is 24.6. The van der Waals surface area contributed by atoms with Gasteiger partial charge < -0.3 is 9.73 Å². The van der Waals surface area contributed by atoms with E-state index in [4.69, 9.17) is 4.42 Å². The molecular weight excluding hydrogens is 477 g/mol. The average molecular weight is 501 g/mol. The molecule has 0 aliphatic carbocycles. The fraction of sp³-hybridized carbons (Fsp3) is 0.240. The predicted molar refractivity (Wildman–Crippen MR) is 125 cm³/mol. The van der Waals surface area contributed by atoms with Crippen LogP contribution in [0.5, 0.6) is 0 Å². The first-order chi connectivity index (χ1) is 16.8. The summed E-state index contributed by atoms with van der Waals surface area (Å²) in [5, 5.41) is 4.75. The van der Waals surface area contributed by atoms with Crippen molar-refractivity contribution in [3.05, 3.63) is 105 Å². The Morgan fingerprint density at radius 1 is 1.09 bits per heavy atom. The van der Waals surface area contributed by atoms with Gasteiger partial charge in [-0.3, -0.25) is 14.7 Å². The van der Waals surface area contributed by atoms with Crippen molar-refractivity contribution in [1.29, 1.82) is 0 Å². The fourth-order valence-electron chi connectivity index (χ4n) is 3.49. The molecule has 0 bridgehead atoms. The minimum atomic E-state index is -4.41. The molecule has 0 aliphatic heterocycles. The van der Waals surface area contributed by atoms with Crippen LogP contribution < -0.4 is 5.32 Å². The van der Waals surface area contributed by atoms with Crippen LogP contribution >= 0.6 is 11.3 Å². The Morgan fingerprint density at radius 2 is 1.89 bits per heavy atom. The molecule has 1 N–H and O–H groups in total. The van der Waals surface area contributed by atoms with Crippen molar-refractivity contribution in [2.75, 3.05) is 0 Å². The van der Waals surface area contributed by atoms with Crippen LogP contribution in [0.4, 0.5) is 13.2 Å². The van der Waals surface area contributed by atoms with Crippen LogP contribution in [0.1, 0.15) is 43.5 Å². The van der Waals surface area contributed by atoms with Crippen LogP contribution in [0.15, 0.2) is 70.9 Å². The second kappa shape index (κ2) is 10.8. The number of nitrogens with one attached hydrogen (secondary N) is 1. The first-order valence-corrected chi connectivity index (χ1v) is 11.7. The van der Waals surface area contributed by atoms with Crippen molar-refractivity contribution in [2.24, 2.45) is 0 Å². The second-order valence-electron chi connectivity index (χ2n) is 8.03. The van der Waals surface area contributed by atoms with Gasteiger partial charge in [-0.05, 0) is 53.3 Å². The zero-order valence-electron chi connectivity index (χ0n) is 18.9. The summed E-state index contributed by atoms with van der Waals surface area (Å²) >= 11 is 1.58. The predicted octanol–water partition coefficient (Wildman–Crippen LogP) is 5.59. The number of nitrogens with zero attached hydrogens (tertiary/aromatic N) is 3. The highest BCUT2D eigenvalue weighted by atomic mass is 32.1. The maximum atomic E-state index is 13.2. The van der Waals surface area contributed by atoms with E-state index in [1.165, 1.54) is 12.3 Å². The highest BCUT2D eigenvalue weighted by molar-refractivity contribution is 7.10. The number of hydrogen-bond donors (Lipinski definition) is 1. The largest absolute Gasteiger partial charge is 0.447 e. The third-order valence-electron chi connectivity index (χ3n) is 5.34. The Labute approximate surface area is 204 Å². The highest BCUT2D eigenvalue weighted by Gasteiger charge is 2.30. The van der Waals surface area contributed by atoms with Gasteiger partial charge in [0, 0.05) is 36.9 Å². The quantitative estimate of drug-likeness (QED) is 0.324. The molecule has 0 radical (unpaired) electrons. The monoisotopic (exact) mass is 500 g/mol. The number of amides is 1. The van der Waals surface area contributed by atoms with Crippen LogP contribution in [0.2, 0.25) is 0 Å². The summed E-state index contributed by atoms with van der Waals surface area (Å²) in [6.07, 6.45) is 0.163. The lowest BCUT2D eigenvalue weighted by Crippen LogP contribution is -2.24. The van der Waals surface area contributed by atoms with Crippen molar-refractivity contribution in [3.8, 4) is 0 Å². The second-order valence-corrected chi connectivity index (χ2v) is 9.04. The van der Waals surface area contributed by atoms with Crippen LogP contribution in [0.25, 0.3) is 0 Å². The molecule has 0 saturated carbocycles. The van der Waals surface area contributed by atoms with Crippen LogP contribution in [-0.4, -0.2) is 20.8 Å². The zero-order valence-corrected chi connectivity index (χ0v) is 19.7. The summed E-state index contributed by atoms with van der Waals surface area (Å²) in [5.74, 6) is -0.0735. The number of oxazole rings is 1. The van der Waals surface area contributed by atoms with E-state index in [0.717, 1.165) is 28.1 Å². The Morgan fingerprint density at radius 3 is 2.60 bits per heavy atom. The van der Waals surface area contributed by atoms with E-state index in [1.54, 1.807) is 41.9 Å². The molecule has 182 valence electrons. The number of rotatable bonds is 9. The van der Waals surface area contributed by atoms with Gasteiger partial charge >= 0.3 is 6.18 Å². The van der Waals surface area contributed by atoms with E-state index in [9.17, 15) is 18.0 Å². The van der Waals surface area contributed by atoms with E-state index >= 15 is 0 Å². The fourth-order valence-corrected chi connectivity index (χ4v) is 4.44. The minimum absolute atomic E-state index is 0.139. The van der Waals surface area contributed by atoms with Gasteiger partial charge in [0.15, 0.2) is 5.69 Å². The zero-order chi connectivity index (χ0) is 24.8. The van der Waals surface area contributed by atoms with Crippen LogP contribution in [0, 0.1) is 6.92 Å². The summed E-state index contributed by atoms with van der Waals surface area (Å²) in [6, 6.07) is 10.9. The van der Waals surface area contributed by atoms with E-state index in [1.807, 2.05) is 23.3 Å². The van der Waals surface area contributed by atoms with Crippen molar-refractivity contribution < 1.29 is 22.4 Å². The Kier molecular flexibility index (Phi) is 7.62. The first-order valence-electron chi connectivity index (χ1n) is 10.8. The SMILES string of the molecule is Cc1ccsc1CN(Cc1cccc(C(F)(F)F)c1)Cc1nc(C(=O)NCc2ccncc2)co1. The van der Waals surface area contributed by atoms with Crippen molar-refractivity contribution >= 4 is 17.2 Å². The number of halogens is 3. The number of thiophene rings is 1. The lowest BCUT2D eigenvalue weighted by molar-refractivity contribution is -0.137. The smallest absolute Gasteiger partial charge is 0.416 e. The molecule has 0 aliphatic rings. The maximum Gasteiger partial charge on any atom is 0.416 e. The summed E-state index contributed by atoms with van der Waals surface area (Å²) in [6.45, 7) is 3.30. The van der Waals surface area contributed by atoms with Crippen molar-refractivity contribution in [1.82, 2.24) is 20.2 Å². The number of aryl methyl sites for hydroxylation is 1. The maximum absolute atomic E-state index is 13.2. The molecule has 6 nitrogen and oxygen atoms in total.